The van der Waals surface area contributed by atoms with Gasteiger partial charge < -0.3 is 4.74 Å². The maximum absolute atomic E-state index is 12.1. The minimum atomic E-state index is -0.546. The number of Topliss-reactive ketones (excluding diaryl/α,β-unsaturated/α-hetero) is 1. The van der Waals surface area contributed by atoms with Crippen LogP contribution >= 0.6 is 11.6 Å². The summed E-state index contributed by atoms with van der Waals surface area (Å²) >= 11 is 6.01. The highest BCUT2D eigenvalue weighted by Crippen LogP contribution is 2.19. The molecule has 0 saturated carbocycles. The van der Waals surface area contributed by atoms with Crippen LogP contribution in [-0.4, -0.2) is 23.8 Å². The van der Waals surface area contributed by atoms with E-state index in [-0.39, 0.29) is 12.2 Å². The number of rotatable bonds is 5. The molecule has 0 atom stereocenters. The molecule has 1 aromatic heterocycles. The molecule has 0 radical (unpaired) electrons. The molecular weight excluding hydrogens is 350 g/mol. The summed E-state index contributed by atoms with van der Waals surface area (Å²) in [7, 11) is 1.26. The molecule has 3 aromatic rings. The maximum atomic E-state index is 12.1. The van der Waals surface area contributed by atoms with Gasteiger partial charge in [-0.25, -0.2) is 4.98 Å². The molecule has 5 heteroatoms. The van der Waals surface area contributed by atoms with Crippen molar-refractivity contribution in [3.05, 3.63) is 76.4 Å². The van der Waals surface area contributed by atoms with Crippen molar-refractivity contribution in [1.82, 2.24) is 4.98 Å². The van der Waals surface area contributed by atoms with Crippen LogP contribution in [0, 0.1) is 0 Å². The lowest BCUT2D eigenvalue weighted by Crippen LogP contribution is -2.09. The van der Waals surface area contributed by atoms with E-state index >= 15 is 0 Å². The molecule has 0 aliphatic heterocycles. The van der Waals surface area contributed by atoms with E-state index in [2.05, 4.69) is 9.72 Å². The van der Waals surface area contributed by atoms with Crippen molar-refractivity contribution in [2.45, 2.75) is 6.42 Å². The molecule has 0 bridgehead atoms. The van der Waals surface area contributed by atoms with Crippen LogP contribution in [0.3, 0.4) is 0 Å². The molecule has 0 aliphatic rings. The van der Waals surface area contributed by atoms with Crippen molar-refractivity contribution in [3.63, 3.8) is 0 Å². The highest BCUT2D eigenvalue weighted by Gasteiger charge is 2.11. The molecule has 130 valence electrons. The summed E-state index contributed by atoms with van der Waals surface area (Å²) in [5.41, 5.74) is 2.91. The van der Waals surface area contributed by atoms with E-state index in [0.29, 0.717) is 10.6 Å². The first-order valence-electron chi connectivity index (χ1n) is 7.99. The first-order chi connectivity index (χ1) is 12.5. The first kappa shape index (κ1) is 17.8. The predicted molar refractivity (Wildman–Crippen MR) is 103 cm³/mol. The number of benzene rings is 2. The average molecular weight is 366 g/mol. The molecule has 2 aromatic carbocycles. The van der Waals surface area contributed by atoms with Gasteiger partial charge in [0.2, 0.25) is 0 Å². The van der Waals surface area contributed by atoms with Gasteiger partial charge in [-0.2, -0.15) is 0 Å². The first-order valence-corrected chi connectivity index (χ1v) is 8.37. The molecule has 3 rings (SSSR count). The number of ether oxygens (including phenoxy) is 1. The summed E-state index contributed by atoms with van der Waals surface area (Å²) in [6, 6.07) is 16.5. The number of aromatic nitrogens is 1. The molecule has 0 N–H and O–H groups in total. The molecule has 26 heavy (non-hydrogen) atoms. The van der Waals surface area contributed by atoms with E-state index < -0.39 is 5.97 Å². The zero-order chi connectivity index (χ0) is 18.5. The lowest BCUT2D eigenvalue weighted by molar-refractivity contribution is -0.139. The van der Waals surface area contributed by atoms with Gasteiger partial charge in [0.15, 0.2) is 5.78 Å². The fourth-order valence-electron chi connectivity index (χ4n) is 2.50. The topological polar surface area (TPSA) is 56.3 Å². The molecule has 0 fully saturated rings. The van der Waals surface area contributed by atoms with Crippen LogP contribution in [0.2, 0.25) is 5.02 Å². The molecular formula is C21H16ClNO3. The minimum Gasteiger partial charge on any atom is -0.469 e. The van der Waals surface area contributed by atoms with Gasteiger partial charge in [-0.05, 0) is 35.9 Å². The predicted octanol–water partition coefficient (Wildman–Crippen LogP) is 4.80. The van der Waals surface area contributed by atoms with Crippen LogP contribution in [0.5, 0.6) is 0 Å². The number of nitrogens with zero attached hydrogens (tertiary/aromatic N) is 1. The molecule has 0 amide bonds. The normalized spacial score (nSPS) is 11.0. The zero-order valence-corrected chi connectivity index (χ0v) is 14.9. The van der Waals surface area contributed by atoms with Crippen LogP contribution in [-0.2, 0) is 9.53 Å². The van der Waals surface area contributed by atoms with Gasteiger partial charge in [-0.3, -0.25) is 9.59 Å². The molecule has 0 unspecified atom stereocenters. The highest BCUT2D eigenvalue weighted by molar-refractivity contribution is 6.31. The number of pyridine rings is 1. The van der Waals surface area contributed by atoms with Crippen molar-refractivity contribution >= 4 is 46.4 Å². The third-order valence-electron chi connectivity index (χ3n) is 3.86. The number of fused-ring (bicyclic) bond motifs is 1. The number of hydrogen-bond donors (Lipinski definition) is 0. The van der Waals surface area contributed by atoms with Crippen molar-refractivity contribution in [1.29, 1.82) is 0 Å². The SMILES string of the molecule is COC(=O)CC(=O)c1cccc(C=Cc2ccc3ccc(Cl)cc3n2)c1. The summed E-state index contributed by atoms with van der Waals surface area (Å²) in [5, 5.41) is 1.66. The summed E-state index contributed by atoms with van der Waals surface area (Å²) in [6.07, 6.45) is 3.47. The Morgan fingerprint density at radius 2 is 1.88 bits per heavy atom. The van der Waals surface area contributed by atoms with E-state index in [4.69, 9.17) is 11.6 Å². The maximum Gasteiger partial charge on any atom is 0.313 e. The molecule has 4 nitrogen and oxygen atoms in total. The average Bonchev–Trinajstić information content (AvgIpc) is 2.66. The van der Waals surface area contributed by atoms with Gasteiger partial charge in [0.05, 0.1) is 18.3 Å². The summed E-state index contributed by atoms with van der Waals surface area (Å²) in [5.74, 6) is -0.819. The van der Waals surface area contributed by atoms with Gasteiger partial charge in [0.1, 0.15) is 6.42 Å². The largest absolute Gasteiger partial charge is 0.469 e. The number of halogens is 1. The monoisotopic (exact) mass is 365 g/mol. The number of methoxy groups -OCH3 is 1. The van der Waals surface area contributed by atoms with Crippen molar-refractivity contribution < 1.29 is 14.3 Å². The second kappa shape index (κ2) is 7.93. The Hall–Kier alpha value is -2.98. The zero-order valence-electron chi connectivity index (χ0n) is 14.1. The summed E-state index contributed by atoms with van der Waals surface area (Å²) in [6.45, 7) is 0. The number of hydrogen-bond acceptors (Lipinski definition) is 4. The smallest absolute Gasteiger partial charge is 0.313 e. The Morgan fingerprint density at radius 1 is 1.08 bits per heavy atom. The quantitative estimate of drug-likeness (QED) is 0.370. The van der Waals surface area contributed by atoms with Crippen LogP contribution in [0.15, 0.2) is 54.6 Å². The number of ketones is 1. The van der Waals surface area contributed by atoms with Gasteiger partial charge >= 0.3 is 5.97 Å². The van der Waals surface area contributed by atoms with Crippen molar-refractivity contribution in [2.75, 3.05) is 7.11 Å². The van der Waals surface area contributed by atoms with Crippen LogP contribution in [0.1, 0.15) is 28.0 Å². The van der Waals surface area contributed by atoms with Crippen molar-refractivity contribution in [3.8, 4) is 0 Å². The standard InChI is InChI=1S/C21H16ClNO3/c1-26-21(25)13-20(24)16-4-2-3-14(11-16)5-9-18-10-7-15-6-8-17(22)12-19(15)23-18/h2-12H,13H2,1H3. The lowest BCUT2D eigenvalue weighted by Gasteiger charge is -2.02. The van der Waals surface area contributed by atoms with Gasteiger partial charge in [-0.15, -0.1) is 0 Å². The fourth-order valence-corrected chi connectivity index (χ4v) is 2.67. The Labute approximate surface area is 156 Å². The number of esters is 1. The second-order valence-electron chi connectivity index (χ2n) is 5.71. The van der Waals surface area contributed by atoms with Gasteiger partial charge in [0.25, 0.3) is 0 Å². The van der Waals surface area contributed by atoms with Crippen LogP contribution in [0.4, 0.5) is 0 Å². The van der Waals surface area contributed by atoms with E-state index in [9.17, 15) is 9.59 Å². The van der Waals surface area contributed by atoms with E-state index in [0.717, 1.165) is 22.2 Å². The third-order valence-corrected chi connectivity index (χ3v) is 4.10. The third kappa shape index (κ3) is 4.35. The molecule has 0 saturated heterocycles. The van der Waals surface area contributed by atoms with Crippen molar-refractivity contribution in [2.24, 2.45) is 0 Å². The van der Waals surface area contributed by atoms with Gasteiger partial charge in [0, 0.05) is 16.0 Å². The Kier molecular flexibility index (Phi) is 5.44. The lowest BCUT2D eigenvalue weighted by atomic mass is 10.0. The Morgan fingerprint density at radius 3 is 2.69 bits per heavy atom. The highest BCUT2D eigenvalue weighted by atomic mass is 35.5. The molecule has 0 spiro atoms. The van der Waals surface area contributed by atoms with E-state index in [1.54, 1.807) is 18.2 Å². The Balaban J connectivity index is 1.81. The summed E-state index contributed by atoms with van der Waals surface area (Å²) < 4.78 is 4.53. The summed E-state index contributed by atoms with van der Waals surface area (Å²) in [4.78, 5) is 27.9. The van der Waals surface area contributed by atoms with E-state index in [1.807, 2.05) is 48.6 Å². The number of carbonyl (C=O) groups excluding carboxylic acids is 2. The van der Waals surface area contributed by atoms with Gasteiger partial charge in [-0.1, -0.05) is 48.0 Å². The number of carbonyl (C=O) groups is 2. The minimum absolute atomic E-state index is 0.267. The molecule has 0 aliphatic carbocycles. The Bertz CT molecular complexity index is 1010. The van der Waals surface area contributed by atoms with E-state index in [1.165, 1.54) is 7.11 Å². The van der Waals surface area contributed by atoms with Crippen LogP contribution < -0.4 is 0 Å². The van der Waals surface area contributed by atoms with Crippen LogP contribution in [0.25, 0.3) is 23.1 Å². The second-order valence-corrected chi connectivity index (χ2v) is 6.14. The fraction of sp³-hybridized carbons (Fsp3) is 0.0952. The molecule has 1 heterocycles.